The average Bonchev–Trinajstić information content (AvgIpc) is 2.28. The van der Waals surface area contributed by atoms with Crippen molar-refractivity contribution in [3.8, 4) is 0 Å². The molecule has 0 heterocycles. The summed E-state index contributed by atoms with van der Waals surface area (Å²) >= 11 is 5.50. The first kappa shape index (κ1) is 18.1. The van der Waals surface area contributed by atoms with E-state index in [0.29, 0.717) is 0 Å². The number of hydrogen-bond acceptors (Lipinski definition) is 3. The molecular formula is C13H17ClF3NO2S. The van der Waals surface area contributed by atoms with Gasteiger partial charge in [-0.15, -0.1) is 0 Å². The third-order valence-electron chi connectivity index (χ3n) is 2.90. The lowest BCUT2D eigenvalue weighted by Gasteiger charge is -2.19. The van der Waals surface area contributed by atoms with Crippen LogP contribution in [0.4, 0.5) is 18.9 Å². The van der Waals surface area contributed by atoms with Crippen molar-refractivity contribution in [1.82, 2.24) is 0 Å². The largest absolute Gasteiger partial charge is 0.417 e. The second-order valence-electron chi connectivity index (χ2n) is 5.55. The number of sulfone groups is 1. The van der Waals surface area contributed by atoms with Crippen LogP contribution in [0.5, 0.6) is 0 Å². The summed E-state index contributed by atoms with van der Waals surface area (Å²) in [6.45, 7) is 4.75. The molecule has 1 aromatic carbocycles. The molecule has 3 nitrogen and oxygen atoms in total. The predicted octanol–water partition coefficient (Wildman–Crippen LogP) is 3.98. The fourth-order valence-corrected chi connectivity index (χ4v) is 2.70. The number of benzene rings is 1. The minimum Gasteiger partial charge on any atom is -0.384 e. The Kier molecular flexibility index (Phi) is 5.21. The highest BCUT2D eigenvalue weighted by Gasteiger charge is 2.33. The van der Waals surface area contributed by atoms with Gasteiger partial charge >= 0.3 is 6.18 Å². The zero-order chi connectivity index (χ0) is 16.5. The Morgan fingerprint density at radius 1 is 1.19 bits per heavy atom. The molecule has 0 atom stereocenters. The van der Waals surface area contributed by atoms with Crippen molar-refractivity contribution >= 4 is 27.1 Å². The van der Waals surface area contributed by atoms with Gasteiger partial charge in [0.05, 0.1) is 21.1 Å². The Bertz CT molecular complexity index is 607. The molecule has 0 radical (unpaired) electrons. The van der Waals surface area contributed by atoms with Crippen LogP contribution in [0.2, 0.25) is 5.02 Å². The van der Waals surface area contributed by atoms with Crippen LogP contribution in [0.15, 0.2) is 18.2 Å². The first-order valence-corrected chi connectivity index (χ1v) is 8.20. The van der Waals surface area contributed by atoms with E-state index in [0.717, 1.165) is 12.1 Å². The Labute approximate surface area is 127 Å². The smallest absolute Gasteiger partial charge is 0.384 e. The average molecular weight is 344 g/mol. The van der Waals surface area contributed by atoms with Crippen LogP contribution in [0, 0.1) is 0 Å². The van der Waals surface area contributed by atoms with E-state index in [1.54, 1.807) is 20.8 Å². The topological polar surface area (TPSA) is 46.2 Å². The molecule has 21 heavy (non-hydrogen) atoms. The van der Waals surface area contributed by atoms with Gasteiger partial charge in [0.15, 0.2) is 9.84 Å². The molecule has 120 valence electrons. The zero-order valence-electron chi connectivity index (χ0n) is 11.9. The fourth-order valence-electron chi connectivity index (χ4n) is 1.49. The van der Waals surface area contributed by atoms with Gasteiger partial charge in [0.25, 0.3) is 0 Å². The first-order chi connectivity index (χ1) is 9.34. The quantitative estimate of drug-likeness (QED) is 0.899. The summed E-state index contributed by atoms with van der Waals surface area (Å²) in [5.74, 6) is -0.166. The van der Waals surface area contributed by atoms with Gasteiger partial charge in [-0.25, -0.2) is 8.42 Å². The summed E-state index contributed by atoms with van der Waals surface area (Å²) < 4.78 is 60.9. The molecule has 0 aliphatic rings. The molecule has 1 rings (SSSR count). The van der Waals surface area contributed by atoms with Gasteiger partial charge in [0, 0.05) is 12.2 Å². The highest BCUT2D eigenvalue weighted by atomic mass is 35.5. The van der Waals surface area contributed by atoms with E-state index >= 15 is 0 Å². The van der Waals surface area contributed by atoms with Crippen molar-refractivity contribution in [2.75, 3.05) is 17.6 Å². The lowest BCUT2D eigenvalue weighted by molar-refractivity contribution is -0.137. The molecule has 0 bridgehead atoms. The third kappa shape index (κ3) is 4.78. The highest BCUT2D eigenvalue weighted by molar-refractivity contribution is 7.92. The van der Waals surface area contributed by atoms with Crippen LogP contribution < -0.4 is 5.32 Å². The van der Waals surface area contributed by atoms with Crippen molar-refractivity contribution in [3.05, 3.63) is 28.8 Å². The van der Waals surface area contributed by atoms with Gasteiger partial charge in [-0.05, 0) is 39.0 Å². The SMILES string of the molecule is CC(C)(C)S(=O)(=O)CCNc1ccc(Cl)c(C(F)(F)F)c1. The van der Waals surface area contributed by atoms with E-state index in [2.05, 4.69) is 5.32 Å². The Balaban J connectivity index is 2.79. The van der Waals surface area contributed by atoms with Crippen LogP contribution in [0.1, 0.15) is 26.3 Å². The van der Waals surface area contributed by atoms with Crippen molar-refractivity contribution in [1.29, 1.82) is 0 Å². The molecular weight excluding hydrogens is 327 g/mol. The van der Waals surface area contributed by atoms with Gasteiger partial charge in [-0.2, -0.15) is 13.2 Å². The maximum absolute atomic E-state index is 12.7. The van der Waals surface area contributed by atoms with Crippen molar-refractivity contribution in [3.63, 3.8) is 0 Å². The minimum atomic E-state index is -4.55. The summed E-state index contributed by atoms with van der Waals surface area (Å²) in [6.07, 6.45) is -4.55. The highest BCUT2D eigenvalue weighted by Crippen LogP contribution is 2.36. The van der Waals surface area contributed by atoms with E-state index in [-0.39, 0.29) is 18.0 Å². The molecule has 8 heteroatoms. The minimum absolute atomic E-state index is 0.0263. The molecule has 1 N–H and O–H groups in total. The molecule has 0 saturated heterocycles. The number of hydrogen-bond donors (Lipinski definition) is 1. The number of alkyl halides is 3. The molecule has 1 aromatic rings. The van der Waals surface area contributed by atoms with E-state index in [1.807, 2.05) is 0 Å². The molecule has 0 saturated carbocycles. The normalized spacial score (nSPS) is 13.3. The van der Waals surface area contributed by atoms with E-state index < -0.39 is 31.3 Å². The molecule has 0 amide bonds. The van der Waals surface area contributed by atoms with Crippen molar-refractivity contribution in [2.45, 2.75) is 31.7 Å². The second-order valence-corrected chi connectivity index (χ2v) is 8.82. The summed E-state index contributed by atoms with van der Waals surface area (Å²) in [6, 6.07) is 3.37. The molecule has 0 fully saturated rings. The van der Waals surface area contributed by atoms with Crippen molar-refractivity contribution in [2.24, 2.45) is 0 Å². The summed E-state index contributed by atoms with van der Waals surface area (Å²) in [5, 5.41) is 2.28. The monoisotopic (exact) mass is 343 g/mol. The lowest BCUT2D eigenvalue weighted by atomic mass is 10.2. The van der Waals surface area contributed by atoms with E-state index in [1.165, 1.54) is 6.07 Å². The van der Waals surface area contributed by atoms with Crippen LogP contribution >= 0.6 is 11.6 Å². The van der Waals surface area contributed by atoms with Crippen LogP contribution in [-0.2, 0) is 16.0 Å². The zero-order valence-corrected chi connectivity index (χ0v) is 13.5. The Hall–Kier alpha value is -0.950. The fraction of sp³-hybridized carbons (Fsp3) is 0.538. The van der Waals surface area contributed by atoms with E-state index in [4.69, 9.17) is 11.6 Å². The van der Waals surface area contributed by atoms with Crippen LogP contribution in [0.25, 0.3) is 0 Å². The third-order valence-corrected chi connectivity index (χ3v) is 5.84. The second kappa shape index (κ2) is 6.04. The summed E-state index contributed by atoms with van der Waals surface area (Å²) in [5.41, 5.74) is -0.774. The number of rotatable bonds is 4. The maximum Gasteiger partial charge on any atom is 0.417 e. The number of nitrogens with one attached hydrogen (secondary N) is 1. The van der Waals surface area contributed by atoms with Crippen LogP contribution in [0.3, 0.4) is 0 Å². The van der Waals surface area contributed by atoms with Crippen molar-refractivity contribution < 1.29 is 21.6 Å². The van der Waals surface area contributed by atoms with Gasteiger partial charge in [-0.1, -0.05) is 11.6 Å². The van der Waals surface area contributed by atoms with Gasteiger partial charge < -0.3 is 5.32 Å². The van der Waals surface area contributed by atoms with E-state index in [9.17, 15) is 21.6 Å². The molecule has 0 aromatic heterocycles. The maximum atomic E-state index is 12.7. The van der Waals surface area contributed by atoms with Crippen LogP contribution in [-0.4, -0.2) is 25.5 Å². The first-order valence-electron chi connectivity index (χ1n) is 6.17. The summed E-state index contributed by atoms with van der Waals surface area (Å²) in [4.78, 5) is 0. The predicted molar refractivity (Wildman–Crippen MR) is 78.5 cm³/mol. The van der Waals surface area contributed by atoms with Gasteiger partial charge in [0.2, 0.25) is 0 Å². The lowest BCUT2D eigenvalue weighted by Crippen LogP contribution is -2.32. The summed E-state index contributed by atoms with van der Waals surface area (Å²) in [7, 11) is -3.33. The molecule has 0 aliphatic carbocycles. The number of anilines is 1. The van der Waals surface area contributed by atoms with Gasteiger partial charge in [0.1, 0.15) is 0 Å². The van der Waals surface area contributed by atoms with Gasteiger partial charge in [-0.3, -0.25) is 0 Å². The molecule has 0 spiro atoms. The Morgan fingerprint density at radius 2 is 1.76 bits per heavy atom. The molecule has 0 aliphatic heterocycles. The molecule has 0 unspecified atom stereocenters. The Morgan fingerprint density at radius 3 is 2.24 bits per heavy atom. The number of halogens is 4. The standard InChI is InChI=1S/C13H17ClF3NO2S/c1-12(2,3)21(19,20)7-6-18-9-4-5-11(14)10(8-9)13(15,16)17/h4-5,8,18H,6-7H2,1-3H3.